The fraction of sp³-hybridized carbons (Fsp3) is 0.667. The van der Waals surface area contributed by atoms with Crippen LogP contribution in [0.15, 0.2) is 0 Å². The minimum Gasteiger partial charge on any atom is -0.480 e. The number of carboxylic acids is 2. The third kappa shape index (κ3) is 11.3. The molecule has 4 atom stereocenters. The Kier molecular flexibility index (Phi) is 12.9. The van der Waals surface area contributed by atoms with Crippen molar-refractivity contribution in [1.29, 1.82) is 0 Å². The summed E-state index contributed by atoms with van der Waals surface area (Å²) in [5.74, 6) is -2.92. The van der Waals surface area contributed by atoms with Crippen molar-refractivity contribution in [2.75, 3.05) is 11.5 Å². The summed E-state index contributed by atoms with van der Waals surface area (Å²) < 4.78 is 0.853. The molecule has 0 saturated heterocycles. The molecule has 1 fully saturated rings. The van der Waals surface area contributed by atoms with Gasteiger partial charge in [0.2, 0.25) is 11.8 Å². The molecule has 2 unspecified atom stereocenters. The standard InChI is InChI=1S/C18H28N4O6S4/c1-9(23)19-13(15(25)26)7-31-17(29)21-11-5-3-4-6-12(11)22-18(30)32-8-14(16(27)28)20-10(2)24/h11-14H,3-8H2,1-2H3,(H,19,23)(H,20,24)(H,21,29)(H,22,30)(H,25,26)(H,27,28)/t11?,12?,13-,14-/m0/s1. The van der Waals surface area contributed by atoms with Gasteiger partial charge in [-0.2, -0.15) is 0 Å². The summed E-state index contributed by atoms with van der Waals surface area (Å²) in [7, 11) is 0. The monoisotopic (exact) mass is 524 g/mol. The van der Waals surface area contributed by atoms with Crippen molar-refractivity contribution in [1.82, 2.24) is 21.3 Å². The lowest BCUT2D eigenvalue weighted by Gasteiger charge is -2.34. The minimum atomic E-state index is -1.13. The van der Waals surface area contributed by atoms with Gasteiger partial charge in [-0.15, -0.1) is 0 Å². The number of thiocarbonyl (C=S) groups is 2. The van der Waals surface area contributed by atoms with Gasteiger partial charge < -0.3 is 31.5 Å². The van der Waals surface area contributed by atoms with E-state index in [2.05, 4.69) is 21.3 Å². The number of carbonyl (C=O) groups is 4. The zero-order valence-electron chi connectivity index (χ0n) is 17.7. The van der Waals surface area contributed by atoms with Crippen LogP contribution in [0.2, 0.25) is 0 Å². The Balaban J connectivity index is 2.56. The van der Waals surface area contributed by atoms with Crippen LogP contribution in [0.1, 0.15) is 39.5 Å². The average molecular weight is 525 g/mol. The highest BCUT2D eigenvalue weighted by Gasteiger charge is 2.28. The Labute approximate surface area is 205 Å². The lowest BCUT2D eigenvalue weighted by atomic mass is 9.90. The molecule has 1 rings (SSSR count). The number of aliphatic carboxylic acids is 2. The molecule has 1 aliphatic rings. The smallest absolute Gasteiger partial charge is 0.327 e. The first-order chi connectivity index (χ1) is 15.0. The topological polar surface area (TPSA) is 157 Å². The van der Waals surface area contributed by atoms with Crippen molar-refractivity contribution < 1.29 is 29.4 Å². The Morgan fingerprint density at radius 1 is 0.812 bits per heavy atom. The van der Waals surface area contributed by atoms with Crippen molar-refractivity contribution in [3.05, 3.63) is 0 Å². The number of hydrogen-bond acceptors (Lipinski definition) is 8. The predicted octanol–water partition coefficient (Wildman–Crippen LogP) is 0.692. The zero-order valence-corrected chi connectivity index (χ0v) is 21.0. The van der Waals surface area contributed by atoms with Crippen LogP contribution in [0.3, 0.4) is 0 Å². The number of nitrogens with one attached hydrogen (secondary N) is 4. The van der Waals surface area contributed by atoms with Gasteiger partial charge in [-0.05, 0) is 12.8 Å². The second-order valence-electron chi connectivity index (χ2n) is 7.17. The number of thioether (sulfide) groups is 2. The molecule has 1 saturated carbocycles. The number of rotatable bonds is 10. The lowest BCUT2D eigenvalue weighted by molar-refractivity contribution is -0.141. The van der Waals surface area contributed by atoms with Crippen LogP contribution < -0.4 is 21.3 Å². The summed E-state index contributed by atoms with van der Waals surface area (Å²) in [6.07, 6.45) is 3.67. The highest BCUT2D eigenvalue weighted by Crippen LogP contribution is 2.21. The van der Waals surface area contributed by atoms with Gasteiger partial charge in [0.15, 0.2) is 0 Å². The van der Waals surface area contributed by atoms with Gasteiger partial charge >= 0.3 is 11.9 Å². The number of amides is 2. The molecule has 0 aromatic heterocycles. The molecule has 0 spiro atoms. The molecule has 14 heteroatoms. The first kappa shape index (κ1) is 28.4. The summed E-state index contributed by atoms with van der Waals surface area (Å²) in [4.78, 5) is 44.8. The van der Waals surface area contributed by atoms with Crippen LogP contribution >= 0.6 is 48.0 Å². The molecule has 0 aliphatic heterocycles. The molecular weight excluding hydrogens is 496 g/mol. The third-order valence-electron chi connectivity index (χ3n) is 4.49. The predicted molar refractivity (Wildman–Crippen MR) is 133 cm³/mol. The molecule has 32 heavy (non-hydrogen) atoms. The van der Waals surface area contributed by atoms with Gasteiger partial charge in [0.05, 0.1) is 0 Å². The molecule has 6 N–H and O–H groups in total. The van der Waals surface area contributed by atoms with E-state index >= 15 is 0 Å². The second-order valence-corrected chi connectivity index (χ2v) is 10.6. The van der Waals surface area contributed by atoms with E-state index in [1.54, 1.807) is 0 Å². The summed E-state index contributed by atoms with van der Waals surface area (Å²) in [6.45, 7) is 2.51. The van der Waals surface area contributed by atoms with Crippen LogP contribution in [0, 0.1) is 0 Å². The van der Waals surface area contributed by atoms with Crippen LogP contribution in [0.25, 0.3) is 0 Å². The summed E-state index contributed by atoms with van der Waals surface area (Å²) in [5, 5.41) is 29.6. The van der Waals surface area contributed by atoms with E-state index < -0.39 is 35.8 Å². The van der Waals surface area contributed by atoms with Crippen molar-refractivity contribution in [3.63, 3.8) is 0 Å². The fourth-order valence-electron chi connectivity index (χ4n) is 3.02. The maximum atomic E-state index is 11.2. The van der Waals surface area contributed by atoms with Gasteiger partial charge in [-0.3, -0.25) is 9.59 Å². The Morgan fingerprint density at radius 2 is 1.16 bits per heavy atom. The van der Waals surface area contributed by atoms with Gasteiger partial charge in [-0.1, -0.05) is 60.8 Å². The number of carbonyl (C=O) groups excluding carboxylic acids is 2. The number of carboxylic acid groups (broad SMARTS) is 2. The van der Waals surface area contributed by atoms with Gasteiger partial charge in [0, 0.05) is 37.4 Å². The zero-order chi connectivity index (χ0) is 24.3. The molecule has 180 valence electrons. The molecule has 0 heterocycles. The first-order valence-corrected chi connectivity index (χ1v) is 12.6. The molecule has 0 aromatic rings. The summed E-state index contributed by atoms with van der Waals surface area (Å²) in [5.41, 5.74) is 0. The first-order valence-electron chi connectivity index (χ1n) is 9.86. The van der Waals surface area contributed by atoms with Crippen LogP contribution in [-0.2, 0) is 19.2 Å². The molecule has 10 nitrogen and oxygen atoms in total. The van der Waals surface area contributed by atoms with E-state index in [1.165, 1.54) is 13.8 Å². The Hall–Kier alpha value is -1.64. The number of hydrogen-bond donors (Lipinski definition) is 6. The van der Waals surface area contributed by atoms with E-state index in [9.17, 15) is 29.4 Å². The van der Waals surface area contributed by atoms with E-state index in [-0.39, 0.29) is 23.6 Å². The maximum Gasteiger partial charge on any atom is 0.327 e. The van der Waals surface area contributed by atoms with E-state index in [1.807, 2.05) is 0 Å². The molecule has 0 radical (unpaired) electrons. The van der Waals surface area contributed by atoms with Gasteiger partial charge in [0.25, 0.3) is 0 Å². The van der Waals surface area contributed by atoms with Crippen molar-refractivity contribution in [3.8, 4) is 0 Å². The van der Waals surface area contributed by atoms with E-state index in [0.29, 0.717) is 8.64 Å². The second kappa shape index (κ2) is 14.5. The van der Waals surface area contributed by atoms with Crippen molar-refractivity contribution in [2.24, 2.45) is 0 Å². The normalized spacial score (nSPS) is 19.7. The SMILES string of the molecule is CC(=O)N[C@@H](CSC(=S)NC1CCCCC1NC(=S)SC[C@H](NC(C)=O)C(=O)O)C(=O)O. The van der Waals surface area contributed by atoms with Crippen LogP contribution in [0.5, 0.6) is 0 Å². The molecule has 0 aromatic carbocycles. The van der Waals surface area contributed by atoms with Crippen LogP contribution in [-0.4, -0.2) is 78.3 Å². The van der Waals surface area contributed by atoms with Crippen molar-refractivity contribution in [2.45, 2.75) is 63.7 Å². The largest absolute Gasteiger partial charge is 0.480 e. The average Bonchev–Trinajstić information content (AvgIpc) is 2.69. The molecule has 2 amide bonds. The lowest BCUT2D eigenvalue weighted by Crippen LogP contribution is -2.52. The minimum absolute atomic E-state index is 0.0306. The third-order valence-corrected chi connectivity index (χ3v) is 7.19. The molecule has 1 aliphatic carbocycles. The highest BCUT2D eigenvalue weighted by atomic mass is 32.2. The van der Waals surface area contributed by atoms with Gasteiger partial charge in [0.1, 0.15) is 20.7 Å². The van der Waals surface area contributed by atoms with E-state index in [4.69, 9.17) is 24.4 Å². The van der Waals surface area contributed by atoms with E-state index in [0.717, 1.165) is 49.2 Å². The Morgan fingerprint density at radius 3 is 1.44 bits per heavy atom. The maximum absolute atomic E-state index is 11.2. The molecule has 0 bridgehead atoms. The highest BCUT2D eigenvalue weighted by molar-refractivity contribution is 8.23. The Bertz CT molecular complexity index is 678. The quantitative estimate of drug-likeness (QED) is 0.223. The fourth-order valence-corrected chi connectivity index (χ4v) is 5.29. The van der Waals surface area contributed by atoms with Gasteiger partial charge in [-0.25, -0.2) is 9.59 Å². The van der Waals surface area contributed by atoms with Crippen LogP contribution in [0.4, 0.5) is 0 Å². The summed E-state index contributed by atoms with van der Waals surface area (Å²) in [6, 6.07) is -2.13. The molecular formula is C18H28N4O6S4. The van der Waals surface area contributed by atoms with Crippen molar-refractivity contribution >= 4 is 80.4 Å². The summed E-state index contributed by atoms with van der Waals surface area (Å²) >= 11 is 13.0.